The van der Waals surface area contributed by atoms with Crippen molar-refractivity contribution in [2.45, 2.75) is 26.3 Å². The first kappa shape index (κ1) is 14.6. The Labute approximate surface area is 123 Å². The minimum Gasteiger partial charge on any atom is -0.307 e. The van der Waals surface area contributed by atoms with Crippen molar-refractivity contribution in [3.8, 4) is 23.4 Å². The summed E-state index contributed by atoms with van der Waals surface area (Å²) in [5.74, 6) is 0. The summed E-state index contributed by atoms with van der Waals surface area (Å²) in [5.41, 5.74) is 2.68. The standard InChI is InChI=1S/C17H15N3O/c1-13-4-6-14(7-5-13)16-9-8-15(12-19)17(21)20(16)11-3-2-10-18/h4-9H,2-3,11H2,1H3. The van der Waals surface area contributed by atoms with Crippen LogP contribution < -0.4 is 5.56 Å². The molecule has 0 fully saturated rings. The number of benzene rings is 1. The number of hydrogen-bond donors (Lipinski definition) is 0. The fourth-order valence-electron chi connectivity index (χ4n) is 2.18. The summed E-state index contributed by atoms with van der Waals surface area (Å²) in [5, 5.41) is 17.6. The molecule has 0 N–H and O–H groups in total. The lowest BCUT2D eigenvalue weighted by Gasteiger charge is -2.13. The maximum absolute atomic E-state index is 12.3. The van der Waals surface area contributed by atoms with Crippen LogP contribution in [0.25, 0.3) is 11.3 Å². The van der Waals surface area contributed by atoms with Crippen molar-refractivity contribution in [3.05, 3.63) is 57.9 Å². The Balaban J connectivity index is 2.52. The molecular formula is C17H15N3O. The van der Waals surface area contributed by atoms with Crippen LogP contribution >= 0.6 is 0 Å². The molecule has 104 valence electrons. The van der Waals surface area contributed by atoms with Crippen molar-refractivity contribution in [1.29, 1.82) is 10.5 Å². The van der Waals surface area contributed by atoms with Gasteiger partial charge in [0.2, 0.25) is 0 Å². The van der Waals surface area contributed by atoms with E-state index >= 15 is 0 Å². The first-order chi connectivity index (χ1) is 10.2. The highest BCUT2D eigenvalue weighted by atomic mass is 16.1. The monoisotopic (exact) mass is 277 g/mol. The van der Waals surface area contributed by atoms with Gasteiger partial charge < -0.3 is 4.57 Å². The van der Waals surface area contributed by atoms with Crippen molar-refractivity contribution in [1.82, 2.24) is 4.57 Å². The molecule has 0 amide bonds. The molecule has 2 rings (SSSR count). The SMILES string of the molecule is Cc1ccc(-c2ccc(C#N)c(=O)n2CCCC#N)cc1. The first-order valence-corrected chi connectivity index (χ1v) is 6.75. The third-order valence-electron chi connectivity index (χ3n) is 3.31. The van der Waals surface area contributed by atoms with Crippen molar-refractivity contribution in [3.63, 3.8) is 0 Å². The van der Waals surface area contributed by atoms with Crippen molar-refractivity contribution in [2.75, 3.05) is 0 Å². The van der Waals surface area contributed by atoms with E-state index in [1.807, 2.05) is 37.3 Å². The molecule has 2 aromatic rings. The van der Waals surface area contributed by atoms with Gasteiger partial charge >= 0.3 is 0 Å². The molecule has 0 spiro atoms. The molecule has 0 aliphatic heterocycles. The molecule has 4 heteroatoms. The van der Waals surface area contributed by atoms with Crippen LogP contribution in [0, 0.1) is 29.6 Å². The van der Waals surface area contributed by atoms with Gasteiger partial charge in [-0.05, 0) is 31.0 Å². The Morgan fingerprint density at radius 1 is 1.10 bits per heavy atom. The number of unbranched alkanes of at least 4 members (excludes halogenated alkanes) is 1. The molecule has 21 heavy (non-hydrogen) atoms. The number of hydrogen-bond acceptors (Lipinski definition) is 3. The van der Waals surface area contributed by atoms with Gasteiger partial charge in [0.25, 0.3) is 5.56 Å². The smallest absolute Gasteiger partial charge is 0.268 e. The zero-order chi connectivity index (χ0) is 15.2. The fraction of sp³-hybridized carbons (Fsp3) is 0.235. The topological polar surface area (TPSA) is 69.6 Å². The summed E-state index contributed by atoms with van der Waals surface area (Å²) in [4.78, 5) is 12.3. The van der Waals surface area contributed by atoms with Crippen LogP contribution in [0.5, 0.6) is 0 Å². The molecule has 0 bridgehead atoms. The molecule has 1 aromatic carbocycles. The first-order valence-electron chi connectivity index (χ1n) is 6.75. The molecule has 0 saturated heterocycles. The van der Waals surface area contributed by atoms with Crippen LogP contribution in [0.4, 0.5) is 0 Å². The number of nitrogens with zero attached hydrogens (tertiary/aromatic N) is 3. The van der Waals surface area contributed by atoms with E-state index in [0.29, 0.717) is 19.4 Å². The molecule has 0 unspecified atom stereocenters. The Morgan fingerprint density at radius 2 is 1.81 bits per heavy atom. The average molecular weight is 277 g/mol. The molecule has 0 aliphatic rings. The van der Waals surface area contributed by atoms with Gasteiger partial charge in [-0.25, -0.2) is 0 Å². The lowest BCUT2D eigenvalue weighted by molar-refractivity contribution is 0.637. The normalized spacial score (nSPS) is 9.86. The van der Waals surface area contributed by atoms with Gasteiger partial charge in [0.05, 0.1) is 11.8 Å². The third kappa shape index (κ3) is 3.19. The lowest BCUT2D eigenvalue weighted by Crippen LogP contribution is -2.24. The van der Waals surface area contributed by atoms with Crippen molar-refractivity contribution in [2.24, 2.45) is 0 Å². The second-order valence-electron chi connectivity index (χ2n) is 4.83. The van der Waals surface area contributed by atoms with E-state index in [-0.39, 0.29) is 11.1 Å². The second-order valence-corrected chi connectivity index (χ2v) is 4.83. The van der Waals surface area contributed by atoms with Gasteiger partial charge in [0, 0.05) is 13.0 Å². The predicted octanol–water partition coefficient (Wildman–Crippen LogP) is 3.00. The van der Waals surface area contributed by atoms with E-state index in [2.05, 4.69) is 6.07 Å². The summed E-state index contributed by atoms with van der Waals surface area (Å²) >= 11 is 0. The predicted molar refractivity (Wildman–Crippen MR) is 80.4 cm³/mol. The van der Waals surface area contributed by atoms with Crippen LogP contribution in [0.2, 0.25) is 0 Å². The molecule has 0 aliphatic carbocycles. The highest BCUT2D eigenvalue weighted by Gasteiger charge is 2.10. The molecule has 0 radical (unpaired) electrons. The lowest BCUT2D eigenvalue weighted by atomic mass is 10.1. The van der Waals surface area contributed by atoms with E-state index in [9.17, 15) is 4.79 Å². The minimum absolute atomic E-state index is 0.128. The molecule has 1 heterocycles. The van der Waals surface area contributed by atoms with Gasteiger partial charge in [-0.3, -0.25) is 4.79 Å². The Kier molecular flexibility index (Phi) is 4.53. The highest BCUT2D eigenvalue weighted by molar-refractivity contribution is 5.60. The van der Waals surface area contributed by atoms with Crippen LogP contribution in [0.15, 0.2) is 41.2 Å². The molecule has 0 atom stereocenters. The van der Waals surface area contributed by atoms with Gasteiger partial charge in [0.15, 0.2) is 0 Å². The minimum atomic E-state index is -0.298. The summed E-state index contributed by atoms with van der Waals surface area (Å²) < 4.78 is 1.58. The molecule has 0 saturated carbocycles. The van der Waals surface area contributed by atoms with Crippen LogP contribution in [0.3, 0.4) is 0 Å². The van der Waals surface area contributed by atoms with Gasteiger partial charge in [-0.15, -0.1) is 0 Å². The third-order valence-corrected chi connectivity index (χ3v) is 3.31. The van der Waals surface area contributed by atoms with Crippen molar-refractivity contribution < 1.29 is 0 Å². The maximum atomic E-state index is 12.3. The van der Waals surface area contributed by atoms with E-state index in [1.165, 1.54) is 0 Å². The van der Waals surface area contributed by atoms with E-state index < -0.39 is 0 Å². The van der Waals surface area contributed by atoms with Crippen molar-refractivity contribution >= 4 is 0 Å². The van der Waals surface area contributed by atoms with E-state index in [0.717, 1.165) is 16.8 Å². The summed E-state index contributed by atoms with van der Waals surface area (Å²) in [7, 11) is 0. The number of aromatic nitrogens is 1. The van der Waals surface area contributed by atoms with Gasteiger partial charge in [-0.2, -0.15) is 10.5 Å². The zero-order valence-corrected chi connectivity index (χ0v) is 11.8. The molecular weight excluding hydrogens is 262 g/mol. The summed E-state index contributed by atoms with van der Waals surface area (Å²) in [6, 6.07) is 15.2. The molecule has 4 nitrogen and oxygen atoms in total. The van der Waals surface area contributed by atoms with Gasteiger partial charge in [-0.1, -0.05) is 29.8 Å². The fourth-order valence-corrected chi connectivity index (χ4v) is 2.18. The van der Waals surface area contributed by atoms with Crippen LogP contribution in [-0.2, 0) is 6.54 Å². The second kappa shape index (κ2) is 6.54. The van der Waals surface area contributed by atoms with E-state index in [1.54, 1.807) is 16.7 Å². The average Bonchev–Trinajstić information content (AvgIpc) is 2.50. The highest BCUT2D eigenvalue weighted by Crippen LogP contribution is 2.19. The number of pyridine rings is 1. The summed E-state index contributed by atoms with van der Waals surface area (Å²) in [6.45, 7) is 2.44. The number of nitriles is 2. The maximum Gasteiger partial charge on any atom is 0.268 e. The zero-order valence-electron chi connectivity index (χ0n) is 11.8. The van der Waals surface area contributed by atoms with Crippen LogP contribution in [0.1, 0.15) is 24.0 Å². The van der Waals surface area contributed by atoms with Gasteiger partial charge in [0.1, 0.15) is 11.6 Å². The Morgan fingerprint density at radius 3 is 2.43 bits per heavy atom. The quantitative estimate of drug-likeness (QED) is 0.807. The van der Waals surface area contributed by atoms with E-state index in [4.69, 9.17) is 10.5 Å². The Hall–Kier alpha value is -2.85. The Bertz CT molecular complexity index is 774. The van der Waals surface area contributed by atoms with Crippen LogP contribution in [-0.4, -0.2) is 4.57 Å². The summed E-state index contributed by atoms with van der Waals surface area (Å²) in [6.07, 6.45) is 0.973. The number of aryl methyl sites for hydroxylation is 1. The molecule has 1 aromatic heterocycles. The number of rotatable bonds is 4. The largest absolute Gasteiger partial charge is 0.307 e.